The molecule has 12 nitrogen and oxygen atoms in total. The molecule has 0 spiro atoms. The average molecular weight is 348 g/mol. The van der Waals surface area contributed by atoms with Gasteiger partial charge < -0.3 is 31.5 Å². The lowest BCUT2D eigenvalue weighted by Gasteiger charge is -2.16. The van der Waals surface area contributed by atoms with E-state index in [1.165, 1.54) is 12.7 Å². The monoisotopic (exact) mass is 348 g/mol. The van der Waals surface area contributed by atoms with E-state index in [1.54, 1.807) is 4.57 Å². The number of anilines is 1. The van der Waals surface area contributed by atoms with Gasteiger partial charge in [0.2, 0.25) is 0 Å². The van der Waals surface area contributed by atoms with Crippen molar-refractivity contribution in [2.75, 3.05) is 12.3 Å². The Morgan fingerprint density at radius 1 is 1.43 bits per heavy atom. The Hall–Kier alpha value is -1.66. The molecule has 1 aliphatic heterocycles. The third-order valence-electron chi connectivity index (χ3n) is 3.33. The number of nitrogen functional groups attached to an aromatic ring is 1. The van der Waals surface area contributed by atoms with Crippen molar-refractivity contribution in [1.29, 1.82) is 0 Å². The minimum atomic E-state index is -4.69. The van der Waals surface area contributed by atoms with Crippen LogP contribution in [0.4, 0.5) is 5.82 Å². The Morgan fingerprint density at radius 2 is 2.17 bits per heavy atom. The van der Waals surface area contributed by atoms with Gasteiger partial charge in [-0.2, -0.15) is 0 Å². The number of imidazole rings is 1. The van der Waals surface area contributed by atoms with Crippen LogP contribution in [-0.4, -0.2) is 53.2 Å². The maximum atomic E-state index is 11.0. The SMILES string of the molecule is N.Nc1ncnc2c1ncn2C1CC(OP(=O)(O)O)C(CO)O1. The molecule has 3 unspecified atom stereocenters. The van der Waals surface area contributed by atoms with E-state index < -0.39 is 32.9 Å². The second-order valence-corrected chi connectivity index (χ2v) is 5.96. The first-order valence-electron chi connectivity index (χ1n) is 6.32. The molecule has 3 atom stereocenters. The number of nitrogens with two attached hydrogens (primary N) is 1. The third-order valence-corrected chi connectivity index (χ3v) is 3.88. The highest BCUT2D eigenvalue weighted by Gasteiger charge is 2.40. The molecule has 0 aromatic carbocycles. The van der Waals surface area contributed by atoms with Gasteiger partial charge in [-0.25, -0.2) is 19.5 Å². The summed E-state index contributed by atoms with van der Waals surface area (Å²) in [6.45, 7) is -0.440. The summed E-state index contributed by atoms with van der Waals surface area (Å²) in [5.74, 6) is 0.212. The number of ether oxygens (including phenoxy) is 1. The number of fused-ring (bicyclic) bond motifs is 1. The summed E-state index contributed by atoms with van der Waals surface area (Å²) in [5.41, 5.74) is 6.51. The fourth-order valence-corrected chi connectivity index (χ4v) is 2.98. The third kappa shape index (κ3) is 3.48. The molecule has 2 aromatic heterocycles. The Balaban J connectivity index is 0.00000192. The van der Waals surface area contributed by atoms with Gasteiger partial charge in [0.1, 0.15) is 30.3 Å². The van der Waals surface area contributed by atoms with E-state index in [0.717, 1.165) is 0 Å². The van der Waals surface area contributed by atoms with E-state index in [4.69, 9.17) is 20.3 Å². The van der Waals surface area contributed by atoms with Gasteiger partial charge in [0.05, 0.1) is 12.9 Å². The highest BCUT2D eigenvalue weighted by Crippen LogP contribution is 2.43. The number of rotatable bonds is 4. The van der Waals surface area contributed by atoms with Crippen LogP contribution in [0.15, 0.2) is 12.7 Å². The van der Waals surface area contributed by atoms with Gasteiger partial charge in [-0.05, 0) is 0 Å². The van der Waals surface area contributed by atoms with E-state index >= 15 is 0 Å². The number of phosphoric acid groups is 1. The van der Waals surface area contributed by atoms with Crippen LogP contribution in [0.1, 0.15) is 12.6 Å². The van der Waals surface area contributed by atoms with Crippen LogP contribution in [0, 0.1) is 0 Å². The summed E-state index contributed by atoms with van der Waals surface area (Å²) in [6.07, 6.45) is 0.368. The lowest BCUT2D eigenvalue weighted by molar-refractivity contribution is -0.0425. The quantitative estimate of drug-likeness (QED) is 0.438. The van der Waals surface area contributed by atoms with Crippen molar-refractivity contribution in [2.45, 2.75) is 24.9 Å². The zero-order valence-electron chi connectivity index (χ0n) is 11.9. The Bertz CT molecular complexity index is 734. The van der Waals surface area contributed by atoms with Crippen molar-refractivity contribution in [1.82, 2.24) is 25.7 Å². The molecule has 1 fully saturated rings. The molecule has 0 bridgehead atoms. The van der Waals surface area contributed by atoms with E-state index in [9.17, 15) is 9.67 Å². The summed E-state index contributed by atoms with van der Waals surface area (Å²) in [5, 5.41) is 9.28. The van der Waals surface area contributed by atoms with Crippen LogP contribution < -0.4 is 11.9 Å². The fraction of sp³-hybridized carbons (Fsp3) is 0.500. The van der Waals surface area contributed by atoms with Crippen LogP contribution >= 0.6 is 7.82 Å². The maximum Gasteiger partial charge on any atom is 0.469 e. The molecule has 3 rings (SSSR count). The predicted molar refractivity (Wildman–Crippen MR) is 77.3 cm³/mol. The van der Waals surface area contributed by atoms with E-state index in [2.05, 4.69) is 19.5 Å². The minimum Gasteiger partial charge on any atom is -0.394 e. The van der Waals surface area contributed by atoms with Gasteiger partial charge in [0.15, 0.2) is 11.5 Å². The average Bonchev–Trinajstić information content (AvgIpc) is 3.01. The number of nitrogens with zero attached hydrogens (tertiary/aromatic N) is 4. The molecule has 0 saturated carbocycles. The molecule has 0 aliphatic carbocycles. The van der Waals surface area contributed by atoms with Crippen LogP contribution in [0.5, 0.6) is 0 Å². The lowest BCUT2D eigenvalue weighted by Crippen LogP contribution is -2.26. The Labute approximate surface area is 130 Å². The first kappa shape index (κ1) is 17.7. The lowest BCUT2D eigenvalue weighted by atomic mass is 10.2. The van der Waals surface area contributed by atoms with Crippen LogP contribution in [-0.2, 0) is 13.8 Å². The summed E-state index contributed by atoms with van der Waals surface area (Å²) in [7, 11) is -4.69. The number of hydrogen-bond donors (Lipinski definition) is 5. The smallest absolute Gasteiger partial charge is 0.394 e. The van der Waals surface area contributed by atoms with Crippen molar-refractivity contribution in [3.05, 3.63) is 12.7 Å². The van der Waals surface area contributed by atoms with E-state index in [0.29, 0.717) is 11.2 Å². The highest BCUT2D eigenvalue weighted by molar-refractivity contribution is 7.46. The highest BCUT2D eigenvalue weighted by atomic mass is 31.2. The van der Waals surface area contributed by atoms with Crippen molar-refractivity contribution in [3.8, 4) is 0 Å². The first-order chi connectivity index (χ1) is 10.4. The van der Waals surface area contributed by atoms with Gasteiger partial charge in [0.25, 0.3) is 0 Å². The molecule has 3 heterocycles. The molecular formula is C10H17N6O6P. The van der Waals surface area contributed by atoms with Crippen molar-refractivity contribution < 1.29 is 28.7 Å². The van der Waals surface area contributed by atoms with E-state index in [1.807, 2.05) is 0 Å². The van der Waals surface area contributed by atoms with Gasteiger partial charge in [0, 0.05) is 6.42 Å². The van der Waals surface area contributed by atoms with E-state index in [-0.39, 0.29) is 18.4 Å². The standard InChI is InChI=1S/C10H14N5O6P.H3N/c11-9-8-10(13-3-12-9)15(4-14-8)7-1-5(6(2-16)20-7)21-22(17,18)19;/h3-7,16H,1-2H2,(H2,11,12,13)(H2,17,18,19);1H3. The molecule has 8 N–H and O–H groups in total. The predicted octanol–water partition coefficient (Wildman–Crippen LogP) is -0.672. The molecule has 1 saturated heterocycles. The zero-order valence-corrected chi connectivity index (χ0v) is 12.8. The van der Waals surface area contributed by atoms with Gasteiger partial charge in [-0.1, -0.05) is 0 Å². The molecular weight excluding hydrogens is 331 g/mol. The molecule has 1 aliphatic rings. The summed E-state index contributed by atoms with van der Waals surface area (Å²) >= 11 is 0. The summed E-state index contributed by atoms with van der Waals surface area (Å²) < 4.78 is 22.8. The Morgan fingerprint density at radius 3 is 2.83 bits per heavy atom. The molecule has 23 heavy (non-hydrogen) atoms. The number of aromatic nitrogens is 4. The van der Waals surface area contributed by atoms with Crippen LogP contribution in [0.3, 0.4) is 0 Å². The number of aliphatic hydroxyl groups excluding tert-OH is 1. The van der Waals surface area contributed by atoms with Gasteiger partial charge >= 0.3 is 7.82 Å². The normalized spacial score (nSPS) is 24.7. The maximum absolute atomic E-state index is 11.0. The fourth-order valence-electron chi connectivity index (χ4n) is 2.40. The number of aliphatic hydroxyl groups is 1. The molecule has 13 heteroatoms. The topological polar surface area (TPSA) is 201 Å². The van der Waals surface area contributed by atoms with Gasteiger partial charge in [-0.15, -0.1) is 0 Å². The van der Waals surface area contributed by atoms with Crippen LogP contribution in [0.2, 0.25) is 0 Å². The van der Waals surface area contributed by atoms with Crippen molar-refractivity contribution in [3.63, 3.8) is 0 Å². The molecule has 128 valence electrons. The van der Waals surface area contributed by atoms with Crippen LogP contribution in [0.25, 0.3) is 11.2 Å². The second-order valence-electron chi connectivity index (χ2n) is 4.76. The van der Waals surface area contributed by atoms with Gasteiger partial charge in [-0.3, -0.25) is 9.09 Å². The zero-order chi connectivity index (χ0) is 15.9. The minimum absolute atomic E-state index is 0. The summed E-state index contributed by atoms with van der Waals surface area (Å²) in [4.78, 5) is 29.8. The molecule has 0 amide bonds. The summed E-state index contributed by atoms with van der Waals surface area (Å²) in [6, 6.07) is 0. The second kappa shape index (κ2) is 6.45. The number of hydrogen-bond acceptors (Lipinski definition) is 9. The van der Waals surface area contributed by atoms with Crippen molar-refractivity contribution in [2.24, 2.45) is 0 Å². The largest absolute Gasteiger partial charge is 0.469 e. The number of phosphoric ester groups is 1. The molecule has 2 aromatic rings. The first-order valence-corrected chi connectivity index (χ1v) is 7.85. The molecule has 0 radical (unpaired) electrons. The van der Waals surface area contributed by atoms with Crippen molar-refractivity contribution >= 4 is 24.8 Å². The Kier molecular flexibility index (Phi) is 4.96.